The van der Waals surface area contributed by atoms with Crippen LogP contribution in [0.1, 0.15) is 30.0 Å². The molecule has 3 N–H and O–H groups in total. The summed E-state index contributed by atoms with van der Waals surface area (Å²) in [6.07, 6.45) is 0.947. The van der Waals surface area contributed by atoms with Crippen LogP contribution in [0.3, 0.4) is 0 Å². The molecule has 0 spiro atoms. The molecule has 1 saturated heterocycles. The van der Waals surface area contributed by atoms with Crippen molar-refractivity contribution in [3.8, 4) is 5.82 Å². The molecular formula is C19H20F3N7O2S. The fraction of sp³-hybridized carbons (Fsp3) is 0.316. The van der Waals surface area contributed by atoms with Gasteiger partial charge in [0.15, 0.2) is 5.82 Å². The molecule has 13 heteroatoms. The Balaban J connectivity index is 1.65. The van der Waals surface area contributed by atoms with Crippen molar-refractivity contribution < 1.29 is 21.6 Å². The minimum Gasteiger partial charge on any atom is -0.324 e. The molecule has 1 aromatic carbocycles. The fourth-order valence-electron chi connectivity index (χ4n) is 3.37. The van der Waals surface area contributed by atoms with Gasteiger partial charge in [-0.3, -0.25) is 0 Å². The zero-order chi connectivity index (χ0) is 22.9. The van der Waals surface area contributed by atoms with E-state index in [0.717, 1.165) is 29.6 Å². The number of sulfonamides is 1. The first-order valence-corrected chi connectivity index (χ1v) is 11.2. The first kappa shape index (κ1) is 22.2. The molecule has 0 saturated carbocycles. The maximum absolute atomic E-state index is 13.6. The van der Waals surface area contributed by atoms with Crippen LogP contribution in [-0.4, -0.2) is 41.8 Å². The summed E-state index contributed by atoms with van der Waals surface area (Å²) in [7, 11) is -2.31. The maximum Gasteiger partial charge on any atom is 0.421 e. The second-order valence-electron chi connectivity index (χ2n) is 7.15. The van der Waals surface area contributed by atoms with Gasteiger partial charge in [-0.25, -0.2) is 22.8 Å². The highest BCUT2D eigenvalue weighted by molar-refractivity contribution is 7.89. The van der Waals surface area contributed by atoms with Crippen LogP contribution in [0.2, 0.25) is 0 Å². The molecule has 0 amide bonds. The van der Waals surface area contributed by atoms with Crippen LogP contribution in [0.4, 0.5) is 24.8 Å². The van der Waals surface area contributed by atoms with Gasteiger partial charge in [-0.05, 0) is 50.7 Å². The quantitative estimate of drug-likeness (QED) is 0.511. The molecule has 1 aliphatic heterocycles. The van der Waals surface area contributed by atoms with E-state index in [2.05, 4.69) is 30.4 Å². The Labute approximate surface area is 182 Å². The summed E-state index contributed by atoms with van der Waals surface area (Å²) in [6, 6.07) is 5.68. The van der Waals surface area contributed by atoms with Gasteiger partial charge in [0.25, 0.3) is 0 Å². The van der Waals surface area contributed by atoms with E-state index in [1.165, 1.54) is 43.7 Å². The lowest BCUT2D eigenvalue weighted by Crippen LogP contribution is -2.18. The Morgan fingerprint density at radius 3 is 2.56 bits per heavy atom. The summed E-state index contributed by atoms with van der Waals surface area (Å²) in [5.74, 6) is -0.498. The first-order chi connectivity index (χ1) is 15.2. The number of nitrogens with zero attached hydrogens (tertiary/aromatic N) is 4. The van der Waals surface area contributed by atoms with E-state index in [1.54, 1.807) is 0 Å². The highest BCUT2D eigenvalue weighted by atomic mass is 32.2. The van der Waals surface area contributed by atoms with Gasteiger partial charge in [-0.1, -0.05) is 0 Å². The molecule has 3 heterocycles. The molecule has 4 rings (SSSR count). The minimum absolute atomic E-state index is 0.0455. The molecule has 1 aliphatic rings. The molecule has 0 aliphatic carbocycles. The van der Waals surface area contributed by atoms with E-state index < -0.39 is 27.6 Å². The second-order valence-corrected chi connectivity index (χ2v) is 9.04. The molecule has 2 aromatic heterocycles. The highest BCUT2D eigenvalue weighted by Gasteiger charge is 2.36. The lowest BCUT2D eigenvalue weighted by atomic mass is 10.1. The largest absolute Gasteiger partial charge is 0.421 e. The van der Waals surface area contributed by atoms with E-state index >= 15 is 0 Å². The van der Waals surface area contributed by atoms with E-state index in [1.807, 2.05) is 0 Å². The van der Waals surface area contributed by atoms with Crippen molar-refractivity contribution >= 4 is 21.7 Å². The van der Waals surface area contributed by atoms with Crippen LogP contribution in [0.25, 0.3) is 5.82 Å². The molecule has 9 nitrogen and oxygen atoms in total. The van der Waals surface area contributed by atoms with Gasteiger partial charge >= 0.3 is 6.18 Å². The highest BCUT2D eigenvalue weighted by Crippen LogP contribution is 2.33. The number of alkyl halides is 3. The fourth-order valence-corrected chi connectivity index (χ4v) is 4.10. The number of nitrogens with one attached hydrogen (secondary N) is 3. The number of halogens is 3. The van der Waals surface area contributed by atoms with E-state index in [-0.39, 0.29) is 16.9 Å². The first-order valence-electron chi connectivity index (χ1n) is 9.70. The molecule has 170 valence electrons. The molecule has 3 aromatic rings. The van der Waals surface area contributed by atoms with Gasteiger partial charge in [0, 0.05) is 29.7 Å². The number of benzene rings is 1. The Hall–Kier alpha value is -3.03. The van der Waals surface area contributed by atoms with Crippen LogP contribution in [0.15, 0.2) is 47.8 Å². The smallest absolute Gasteiger partial charge is 0.324 e. The average molecular weight is 467 g/mol. The molecule has 32 heavy (non-hydrogen) atoms. The summed E-state index contributed by atoms with van der Waals surface area (Å²) in [5.41, 5.74) is 0.166. The van der Waals surface area contributed by atoms with Crippen LogP contribution >= 0.6 is 0 Å². The van der Waals surface area contributed by atoms with Crippen molar-refractivity contribution in [2.75, 3.05) is 18.9 Å². The number of aromatic nitrogens is 4. The Bertz CT molecular complexity index is 1200. The molecule has 0 bridgehead atoms. The maximum atomic E-state index is 13.6. The third kappa shape index (κ3) is 4.59. The van der Waals surface area contributed by atoms with E-state index in [9.17, 15) is 21.6 Å². The number of hydrogen-bond acceptors (Lipinski definition) is 7. The van der Waals surface area contributed by atoms with Gasteiger partial charge < -0.3 is 10.6 Å². The van der Waals surface area contributed by atoms with Crippen molar-refractivity contribution in [3.05, 3.63) is 54.0 Å². The zero-order valence-electron chi connectivity index (χ0n) is 16.9. The summed E-state index contributed by atoms with van der Waals surface area (Å²) >= 11 is 0. The standard InChI is InChI=1S/C19H20F3N7O2S/c1-23-32(30,31)14-6-4-13(5-7-14)27-18-25-10-15(19(20,21)22)17(28-18)29-11-12(9-26-29)16-3-2-8-24-16/h4-7,9-11,16,23-24H,2-3,8H2,1H3,(H,25,27,28)/t16-/m0/s1. The molecule has 0 radical (unpaired) electrons. The third-order valence-corrected chi connectivity index (χ3v) is 6.48. The van der Waals surface area contributed by atoms with Crippen LogP contribution in [-0.2, 0) is 16.2 Å². The predicted octanol–water partition coefficient (Wildman–Crippen LogP) is 2.76. The predicted molar refractivity (Wildman–Crippen MR) is 110 cm³/mol. The minimum atomic E-state index is -4.67. The molecule has 0 unspecified atom stereocenters. The Kier molecular flexibility index (Phi) is 5.88. The Morgan fingerprint density at radius 1 is 1.19 bits per heavy atom. The topological polar surface area (TPSA) is 114 Å². The summed E-state index contributed by atoms with van der Waals surface area (Å²) in [4.78, 5) is 7.86. The van der Waals surface area contributed by atoms with E-state index in [4.69, 9.17) is 0 Å². The van der Waals surface area contributed by atoms with Gasteiger partial charge in [-0.15, -0.1) is 0 Å². The lowest BCUT2D eigenvalue weighted by Gasteiger charge is -2.13. The monoisotopic (exact) mass is 467 g/mol. The van der Waals surface area contributed by atoms with Crippen molar-refractivity contribution in [3.63, 3.8) is 0 Å². The zero-order valence-corrected chi connectivity index (χ0v) is 17.7. The number of rotatable bonds is 6. The third-order valence-electron chi connectivity index (χ3n) is 5.05. The molecular weight excluding hydrogens is 447 g/mol. The van der Waals surface area contributed by atoms with Crippen molar-refractivity contribution in [1.82, 2.24) is 29.8 Å². The van der Waals surface area contributed by atoms with Crippen LogP contribution in [0, 0.1) is 0 Å². The SMILES string of the molecule is CNS(=O)(=O)c1ccc(Nc2ncc(C(F)(F)F)c(-n3cc([C@@H]4CCCN4)cn3)n2)cc1. The van der Waals surface area contributed by atoms with Crippen LogP contribution < -0.4 is 15.4 Å². The average Bonchev–Trinajstić information content (AvgIpc) is 3.45. The molecule has 1 fully saturated rings. The van der Waals surface area contributed by atoms with E-state index in [0.29, 0.717) is 11.9 Å². The van der Waals surface area contributed by atoms with Gasteiger partial charge in [0.05, 0.1) is 11.1 Å². The second kappa shape index (κ2) is 8.48. The van der Waals surface area contributed by atoms with Crippen molar-refractivity contribution in [2.45, 2.75) is 30.0 Å². The van der Waals surface area contributed by atoms with Crippen molar-refractivity contribution in [1.29, 1.82) is 0 Å². The lowest BCUT2D eigenvalue weighted by molar-refractivity contribution is -0.138. The van der Waals surface area contributed by atoms with Crippen LogP contribution in [0.5, 0.6) is 0 Å². The Morgan fingerprint density at radius 2 is 1.94 bits per heavy atom. The summed E-state index contributed by atoms with van der Waals surface area (Å²) in [5, 5.41) is 10.2. The van der Waals surface area contributed by atoms with Crippen molar-refractivity contribution in [2.24, 2.45) is 0 Å². The number of hydrogen-bond donors (Lipinski definition) is 3. The van der Waals surface area contributed by atoms with Gasteiger partial charge in [0.1, 0.15) is 5.56 Å². The number of anilines is 2. The summed E-state index contributed by atoms with van der Waals surface area (Å²) in [6.45, 7) is 0.847. The van der Waals surface area contributed by atoms with Gasteiger partial charge in [0.2, 0.25) is 16.0 Å². The molecule has 1 atom stereocenters. The van der Waals surface area contributed by atoms with Gasteiger partial charge in [-0.2, -0.15) is 23.3 Å². The normalized spacial score (nSPS) is 16.9. The summed E-state index contributed by atoms with van der Waals surface area (Å²) < 4.78 is 67.7.